The summed E-state index contributed by atoms with van der Waals surface area (Å²) >= 11 is 1.55. The molecule has 0 aromatic rings. The first-order valence-electron chi connectivity index (χ1n) is 6.46. The number of carboxylic acids is 1. The zero-order valence-electron chi connectivity index (χ0n) is 11.3. The molecule has 2 aliphatic rings. The zero-order chi connectivity index (χ0) is 14.7. The van der Waals surface area contributed by atoms with E-state index in [0.29, 0.717) is 24.8 Å². The minimum absolute atomic E-state index is 0.108. The van der Waals surface area contributed by atoms with E-state index in [1.165, 1.54) is 6.92 Å². The highest BCUT2D eigenvalue weighted by molar-refractivity contribution is 7.99. The Balaban J connectivity index is 1.97. The Labute approximate surface area is 121 Å². The van der Waals surface area contributed by atoms with Crippen molar-refractivity contribution in [3.05, 3.63) is 0 Å². The molecule has 20 heavy (non-hydrogen) atoms. The van der Waals surface area contributed by atoms with Crippen LogP contribution in [0.4, 0.5) is 0 Å². The number of aliphatic carboxylic acids is 1. The summed E-state index contributed by atoms with van der Waals surface area (Å²) in [6.07, 6.45) is -0.579. The van der Waals surface area contributed by atoms with Gasteiger partial charge >= 0.3 is 5.97 Å². The molecule has 0 bridgehead atoms. The molecule has 7 nitrogen and oxygen atoms in total. The maximum atomic E-state index is 12.5. The van der Waals surface area contributed by atoms with E-state index in [4.69, 9.17) is 9.84 Å². The Hall–Kier alpha value is -1.28. The van der Waals surface area contributed by atoms with E-state index in [1.807, 2.05) is 0 Å². The number of amides is 2. The summed E-state index contributed by atoms with van der Waals surface area (Å²) in [6.45, 7) is 2.52. The third-order valence-electron chi connectivity index (χ3n) is 3.42. The van der Waals surface area contributed by atoms with Crippen molar-refractivity contribution in [2.45, 2.75) is 25.5 Å². The summed E-state index contributed by atoms with van der Waals surface area (Å²) in [4.78, 5) is 37.8. The van der Waals surface area contributed by atoms with Crippen LogP contribution in [-0.2, 0) is 19.1 Å². The quantitative estimate of drug-likeness (QED) is 0.764. The van der Waals surface area contributed by atoms with E-state index < -0.39 is 18.1 Å². The van der Waals surface area contributed by atoms with E-state index >= 15 is 0 Å². The third kappa shape index (κ3) is 3.43. The van der Waals surface area contributed by atoms with Gasteiger partial charge in [0.25, 0.3) is 0 Å². The fraction of sp³-hybridized carbons (Fsp3) is 0.750. The molecule has 2 saturated heterocycles. The van der Waals surface area contributed by atoms with Crippen molar-refractivity contribution in [1.29, 1.82) is 0 Å². The average molecular weight is 302 g/mol. The van der Waals surface area contributed by atoms with Gasteiger partial charge in [-0.3, -0.25) is 14.4 Å². The SMILES string of the molecule is CC(=O)N1CSC[C@@H]1C(=O)N1CCO[C@@H](CC(=O)O)C1. The van der Waals surface area contributed by atoms with Gasteiger partial charge in [0.2, 0.25) is 11.8 Å². The van der Waals surface area contributed by atoms with Crippen molar-refractivity contribution in [3.8, 4) is 0 Å². The number of nitrogens with zero attached hydrogens (tertiary/aromatic N) is 2. The number of morpholine rings is 1. The lowest BCUT2D eigenvalue weighted by Crippen LogP contribution is -2.53. The first kappa shape index (κ1) is 15.1. The lowest BCUT2D eigenvalue weighted by Gasteiger charge is -2.35. The van der Waals surface area contributed by atoms with Crippen molar-refractivity contribution in [2.75, 3.05) is 31.3 Å². The molecular weight excluding hydrogens is 284 g/mol. The lowest BCUT2D eigenvalue weighted by molar-refractivity contribution is -0.151. The smallest absolute Gasteiger partial charge is 0.306 e. The number of carboxylic acid groups (broad SMARTS) is 1. The Morgan fingerprint density at radius 3 is 2.80 bits per heavy atom. The number of hydrogen-bond donors (Lipinski definition) is 1. The first-order valence-corrected chi connectivity index (χ1v) is 7.61. The number of carbonyl (C=O) groups is 3. The summed E-state index contributed by atoms with van der Waals surface area (Å²) < 4.78 is 5.35. The monoisotopic (exact) mass is 302 g/mol. The highest BCUT2D eigenvalue weighted by Crippen LogP contribution is 2.23. The molecule has 2 fully saturated rings. The van der Waals surface area contributed by atoms with Gasteiger partial charge in [0.05, 0.1) is 25.0 Å². The molecule has 1 N–H and O–H groups in total. The topological polar surface area (TPSA) is 87.2 Å². The van der Waals surface area contributed by atoms with Crippen LogP contribution in [-0.4, -0.2) is 76.2 Å². The molecule has 2 rings (SSSR count). The zero-order valence-corrected chi connectivity index (χ0v) is 12.1. The summed E-state index contributed by atoms with van der Waals surface area (Å²) in [6, 6.07) is -0.430. The van der Waals surface area contributed by atoms with E-state index in [2.05, 4.69) is 0 Å². The Bertz CT molecular complexity index is 417. The van der Waals surface area contributed by atoms with Crippen LogP contribution in [0.2, 0.25) is 0 Å². The fourth-order valence-electron chi connectivity index (χ4n) is 2.41. The molecule has 0 saturated carbocycles. The van der Waals surface area contributed by atoms with Gasteiger partial charge in [0, 0.05) is 25.8 Å². The van der Waals surface area contributed by atoms with Crippen LogP contribution >= 0.6 is 11.8 Å². The van der Waals surface area contributed by atoms with Gasteiger partial charge in [0.1, 0.15) is 6.04 Å². The lowest BCUT2D eigenvalue weighted by atomic mass is 10.1. The van der Waals surface area contributed by atoms with Crippen LogP contribution in [0.25, 0.3) is 0 Å². The number of ether oxygens (including phenoxy) is 1. The second-order valence-electron chi connectivity index (χ2n) is 4.88. The fourth-order valence-corrected chi connectivity index (χ4v) is 3.62. The molecule has 2 atom stereocenters. The normalized spacial score (nSPS) is 26.6. The molecule has 8 heteroatoms. The molecule has 2 heterocycles. The number of thioether (sulfide) groups is 1. The summed E-state index contributed by atoms with van der Waals surface area (Å²) in [5.74, 6) is -0.0211. The van der Waals surface area contributed by atoms with Gasteiger partial charge in [-0.05, 0) is 0 Å². The molecule has 0 spiro atoms. The van der Waals surface area contributed by atoms with Crippen molar-refractivity contribution < 1.29 is 24.2 Å². The molecule has 0 aromatic carbocycles. The molecule has 0 radical (unpaired) electrons. The first-order chi connectivity index (χ1) is 9.49. The van der Waals surface area contributed by atoms with Gasteiger partial charge in [-0.25, -0.2) is 0 Å². The van der Waals surface area contributed by atoms with Crippen LogP contribution < -0.4 is 0 Å². The minimum Gasteiger partial charge on any atom is -0.481 e. The number of hydrogen-bond acceptors (Lipinski definition) is 5. The van der Waals surface area contributed by atoms with E-state index in [1.54, 1.807) is 21.6 Å². The van der Waals surface area contributed by atoms with Gasteiger partial charge in [-0.1, -0.05) is 0 Å². The van der Waals surface area contributed by atoms with E-state index in [0.717, 1.165) is 0 Å². The second-order valence-corrected chi connectivity index (χ2v) is 5.88. The molecule has 2 amide bonds. The van der Waals surface area contributed by atoms with Crippen LogP contribution in [0.15, 0.2) is 0 Å². The Morgan fingerprint density at radius 2 is 2.15 bits per heavy atom. The minimum atomic E-state index is -0.939. The van der Waals surface area contributed by atoms with Gasteiger partial charge in [-0.15, -0.1) is 11.8 Å². The molecule has 112 valence electrons. The van der Waals surface area contributed by atoms with Crippen LogP contribution in [0, 0.1) is 0 Å². The maximum Gasteiger partial charge on any atom is 0.306 e. The molecule has 0 aromatic heterocycles. The van der Waals surface area contributed by atoms with Crippen molar-refractivity contribution in [3.63, 3.8) is 0 Å². The van der Waals surface area contributed by atoms with E-state index in [9.17, 15) is 14.4 Å². The van der Waals surface area contributed by atoms with Crippen molar-refractivity contribution >= 4 is 29.5 Å². The Morgan fingerprint density at radius 1 is 1.40 bits per heavy atom. The standard InChI is InChI=1S/C12H18N2O5S/c1-8(15)14-7-20-6-10(14)12(18)13-2-3-19-9(5-13)4-11(16)17/h9-10H,2-7H2,1H3,(H,16,17)/t9-,10+/m0/s1. The van der Waals surface area contributed by atoms with Gasteiger partial charge in [-0.2, -0.15) is 0 Å². The predicted octanol–water partition coefficient (Wildman–Crippen LogP) is -0.390. The Kier molecular flexibility index (Phi) is 4.87. The van der Waals surface area contributed by atoms with Gasteiger partial charge < -0.3 is 19.6 Å². The predicted molar refractivity (Wildman–Crippen MR) is 72.2 cm³/mol. The summed E-state index contributed by atoms with van der Waals surface area (Å²) in [5.41, 5.74) is 0. The molecule has 2 aliphatic heterocycles. The van der Waals surface area contributed by atoms with Crippen LogP contribution in [0.3, 0.4) is 0 Å². The highest BCUT2D eigenvalue weighted by Gasteiger charge is 2.37. The molecule has 0 unspecified atom stereocenters. The number of carbonyl (C=O) groups excluding carboxylic acids is 2. The summed E-state index contributed by atoms with van der Waals surface area (Å²) in [5, 5.41) is 8.78. The van der Waals surface area contributed by atoms with Crippen molar-refractivity contribution in [2.24, 2.45) is 0 Å². The second kappa shape index (κ2) is 6.45. The molecule has 0 aliphatic carbocycles. The number of rotatable bonds is 3. The molecular formula is C12H18N2O5S. The largest absolute Gasteiger partial charge is 0.481 e. The summed E-state index contributed by atoms with van der Waals surface area (Å²) in [7, 11) is 0. The van der Waals surface area contributed by atoms with Crippen LogP contribution in [0.1, 0.15) is 13.3 Å². The maximum absolute atomic E-state index is 12.5. The third-order valence-corrected chi connectivity index (χ3v) is 4.44. The van der Waals surface area contributed by atoms with Crippen molar-refractivity contribution in [1.82, 2.24) is 9.80 Å². The van der Waals surface area contributed by atoms with Crippen LogP contribution in [0.5, 0.6) is 0 Å². The van der Waals surface area contributed by atoms with E-state index in [-0.39, 0.29) is 24.8 Å². The average Bonchev–Trinajstić information content (AvgIpc) is 2.86. The van der Waals surface area contributed by atoms with Gasteiger partial charge in [0.15, 0.2) is 0 Å². The highest BCUT2D eigenvalue weighted by atomic mass is 32.2.